The van der Waals surface area contributed by atoms with Gasteiger partial charge < -0.3 is 19.7 Å². The van der Waals surface area contributed by atoms with Crippen molar-refractivity contribution < 1.29 is 18.7 Å². The lowest BCUT2D eigenvalue weighted by Crippen LogP contribution is -2.37. The van der Waals surface area contributed by atoms with Gasteiger partial charge in [-0.2, -0.15) is 0 Å². The summed E-state index contributed by atoms with van der Waals surface area (Å²) in [4.78, 5) is 17.4. The second-order valence-electron chi connectivity index (χ2n) is 6.87. The van der Waals surface area contributed by atoms with Gasteiger partial charge in [-0.25, -0.2) is 9.38 Å². The Hall–Kier alpha value is -2.20. The van der Waals surface area contributed by atoms with Gasteiger partial charge in [0, 0.05) is 41.7 Å². The van der Waals surface area contributed by atoms with E-state index in [1.54, 1.807) is 18.1 Å². The molecule has 0 aromatic heterocycles. The fourth-order valence-corrected chi connectivity index (χ4v) is 5.49. The van der Waals surface area contributed by atoms with E-state index in [1.807, 2.05) is 16.3 Å². The third kappa shape index (κ3) is 4.59. The van der Waals surface area contributed by atoms with Gasteiger partial charge in [-0.1, -0.05) is 11.6 Å². The third-order valence-corrected chi connectivity index (χ3v) is 7.27. The molecule has 2 heterocycles. The van der Waals surface area contributed by atoms with E-state index in [9.17, 15) is 9.18 Å². The van der Waals surface area contributed by atoms with E-state index in [0.717, 1.165) is 34.2 Å². The molecule has 2 aromatic carbocycles. The number of aliphatic imine (C=N–C) groups is 1. The van der Waals surface area contributed by atoms with Crippen molar-refractivity contribution in [1.82, 2.24) is 4.90 Å². The Bertz CT molecular complexity index is 1020. The van der Waals surface area contributed by atoms with Crippen molar-refractivity contribution in [3.63, 3.8) is 0 Å². The van der Waals surface area contributed by atoms with Gasteiger partial charge in [0.05, 0.1) is 23.5 Å². The number of nitrogens with zero attached hydrogens (tertiary/aromatic N) is 2. The average molecular weight is 544 g/mol. The maximum absolute atomic E-state index is 13.5. The zero-order chi connectivity index (χ0) is 21.1. The highest BCUT2D eigenvalue weighted by atomic mass is 127. The van der Waals surface area contributed by atoms with Crippen LogP contribution in [0.1, 0.15) is 18.4 Å². The third-order valence-electron chi connectivity index (χ3n) is 4.94. The molecule has 0 unspecified atom stereocenters. The van der Waals surface area contributed by atoms with Crippen LogP contribution < -0.4 is 14.8 Å². The van der Waals surface area contributed by atoms with E-state index in [-0.39, 0.29) is 11.1 Å². The summed E-state index contributed by atoms with van der Waals surface area (Å²) in [7, 11) is 1.61. The van der Waals surface area contributed by atoms with E-state index < -0.39 is 26.5 Å². The Morgan fingerprint density at radius 3 is 2.77 bits per heavy atom. The first-order valence-electron chi connectivity index (χ1n) is 9.41. The number of halogens is 3. The van der Waals surface area contributed by atoms with Gasteiger partial charge in [0.15, 0.2) is 11.5 Å². The van der Waals surface area contributed by atoms with Crippen LogP contribution in [-0.4, -0.2) is 45.5 Å². The number of amides is 1. The minimum absolute atomic E-state index is 0.0160. The number of fused-ring (bicyclic) bond motifs is 1. The SMILES string of the molecule is COc1cc2c(cc1OC1CCN(C=O)CC1)C(=Nc1ccc(F)c(Cl)c1)I=CN2. The highest BCUT2D eigenvalue weighted by Crippen LogP contribution is 2.39. The summed E-state index contributed by atoms with van der Waals surface area (Å²) in [5.74, 6) is 0.823. The van der Waals surface area contributed by atoms with E-state index in [0.29, 0.717) is 30.3 Å². The van der Waals surface area contributed by atoms with Crippen LogP contribution in [0.4, 0.5) is 15.8 Å². The zero-order valence-electron chi connectivity index (χ0n) is 16.2. The molecular weight excluding hydrogens is 524 g/mol. The number of hydrogen-bond acceptors (Lipinski definition) is 5. The molecule has 0 bridgehead atoms. The molecule has 4 rings (SSSR count). The Morgan fingerprint density at radius 2 is 2.07 bits per heavy atom. The number of likely N-dealkylation sites (tertiary alicyclic amines) is 1. The molecule has 1 saturated heterocycles. The molecule has 1 amide bonds. The Labute approximate surface area is 188 Å². The van der Waals surface area contributed by atoms with Crippen LogP contribution in [0, 0.1) is 5.82 Å². The Balaban J connectivity index is 1.64. The van der Waals surface area contributed by atoms with Crippen LogP contribution >= 0.6 is 32.3 Å². The summed E-state index contributed by atoms with van der Waals surface area (Å²) in [6.07, 6.45) is 2.44. The van der Waals surface area contributed by atoms with Crippen molar-refractivity contribution >= 4 is 58.0 Å². The standard InChI is InChI=1S/C21H20ClFIN3O3/c1-29-19-10-18-15(9-20(19)30-14-4-6-27(12-28)7-5-14)21(24-11-25-18)26-13-2-3-17(23)16(22)8-13/h2-3,8-12,14,25H,4-7H2,1H3. The topological polar surface area (TPSA) is 63.2 Å². The van der Waals surface area contributed by atoms with E-state index >= 15 is 0 Å². The maximum atomic E-state index is 13.5. The van der Waals surface area contributed by atoms with E-state index in [2.05, 4.69) is 5.32 Å². The van der Waals surface area contributed by atoms with E-state index in [1.165, 1.54) is 12.1 Å². The Kier molecular flexibility index (Phi) is 6.52. The highest BCUT2D eigenvalue weighted by Gasteiger charge is 2.23. The van der Waals surface area contributed by atoms with Crippen molar-refractivity contribution in [2.24, 2.45) is 4.99 Å². The number of carbonyl (C=O) groups excluding carboxylic acids is 1. The van der Waals surface area contributed by atoms with Crippen molar-refractivity contribution in [1.29, 1.82) is 0 Å². The molecular formula is C21H20ClFIN3O3. The number of ether oxygens (including phenoxy) is 2. The molecule has 2 aliphatic rings. The molecule has 1 fully saturated rings. The van der Waals surface area contributed by atoms with Crippen molar-refractivity contribution in [2.75, 3.05) is 25.5 Å². The second-order valence-corrected chi connectivity index (χ2v) is 9.55. The predicted molar refractivity (Wildman–Crippen MR) is 126 cm³/mol. The lowest BCUT2D eigenvalue weighted by Gasteiger charge is -2.30. The van der Waals surface area contributed by atoms with Gasteiger partial charge in [0.2, 0.25) is 6.41 Å². The second kappa shape index (κ2) is 9.30. The fraction of sp³-hybridized carbons (Fsp3) is 0.286. The number of methoxy groups -OCH3 is 1. The summed E-state index contributed by atoms with van der Waals surface area (Å²) < 4.78 is 28.2. The van der Waals surface area contributed by atoms with Crippen LogP contribution in [0.2, 0.25) is 5.02 Å². The summed E-state index contributed by atoms with van der Waals surface area (Å²) >= 11 is 5.40. The molecule has 2 aliphatic heterocycles. The molecule has 158 valence electrons. The minimum atomic E-state index is -0.505. The van der Waals surface area contributed by atoms with Crippen LogP contribution in [0.3, 0.4) is 0 Å². The minimum Gasteiger partial charge on any atom is -0.493 e. The van der Waals surface area contributed by atoms with Crippen molar-refractivity contribution in [2.45, 2.75) is 18.9 Å². The highest BCUT2D eigenvalue weighted by molar-refractivity contribution is 14.2. The molecule has 9 heteroatoms. The number of hydrogen-bond donors (Lipinski definition) is 1. The van der Waals surface area contributed by atoms with Gasteiger partial charge in [0.1, 0.15) is 15.6 Å². The molecule has 30 heavy (non-hydrogen) atoms. The first-order valence-corrected chi connectivity index (χ1v) is 12.1. The van der Waals surface area contributed by atoms with Crippen LogP contribution in [-0.2, 0) is 4.79 Å². The molecule has 0 atom stereocenters. The fourth-order valence-electron chi connectivity index (χ4n) is 3.33. The van der Waals surface area contributed by atoms with Gasteiger partial charge in [-0.3, -0.25) is 4.79 Å². The summed E-state index contributed by atoms with van der Waals surface area (Å²) in [5.41, 5.74) is 2.43. The zero-order valence-corrected chi connectivity index (χ0v) is 19.1. The number of benzene rings is 2. The lowest BCUT2D eigenvalue weighted by atomic mass is 10.1. The van der Waals surface area contributed by atoms with Crippen molar-refractivity contribution in [3.8, 4) is 11.5 Å². The molecule has 1 N–H and O–H groups in total. The summed E-state index contributed by atoms with van der Waals surface area (Å²) in [6, 6.07) is 8.31. The average Bonchev–Trinajstić information content (AvgIpc) is 2.77. The first kappa shape index (κ1) is 21.0. The largest absolute Gasteiger partial charge is 0.493 e. The molecule has 0 aliphatic carbocycles. The summed E-state index contributed by atoms with van der Waals surface area (Å²) in [6.45, 7) is 1.36. The quantitative estimate of drug-likeness (QED) is 0.438. The molecule has 2 aromatic rings. The maximum Gasteiger partial charge on any atom is 0.209 e. The number of anilines is 1. The van der Waals surface area contributed by atoms with Crippen LogP contribution in [0.5, 0.6) is 11.5 Å². The predicted octanol–water partition coefficient (Wildman–Crippen LogP) is 4.72. The first-order chi connectivity index (χ1) is 14.6. The number of carbonyl (C=O) groups is 1. The molecule has 0 saturated carbocycles. The molecule has 0 radical (unpaired) electrons. The van der Waals surface area contributed by atoms with Crippen LogP contribution in [0.25, 0.3) is 0 Å². The normalized spacial score (nSPS) is 17.7. The number of rotatable bonds is 5. The van der Waals surface area contributed by atoms with E-state index in [4.69, 9.17) is 26.1 Å². The smallest absolute Gasteiger partial charge is 0.209 e. The molecule has 6 nitrogen and oxygen atoms in total. The van der Waals surface area contributed by atoms with Gasteiger partial charge in [0.25, 0.3) is 0 Å². The number of nitrogens with one attached hydrogen (secondary N) is 1. The van der Waals surface area contributed by atoms with Crippen LogP contribution in [0.15, 0.2) is 35.3 Å². The summed E-state index contributed by atoms with van der Waals surface area (Å²) in [5, 5.41) is 3.34. The lowest BCUT2D eigenvalue weighted by molar-refractivity contribution is -0.119. The number of piperidine rings is 1. The molecule has 0 spiro atoms. The van der Waals surface area contributed by atoms with Crippen molar-refractivity contribution in [3.05, 3.63) is 46.7 Å². The monoisotopic (exact) mass is 543 g/mol. The van der Waals surface area contributed by atoms with Gasteiger partial charge >= 0.3 is 0 Å². The Morgan fingerprint density at radius 1 is 1.27 bits per heavy atom. The van der Waals surface area contributed by atoms with Gasteiger partial charge in [-0.05, 0) is 45.0 Å². The van der Waals surface area contributed by atoms with Gasteiger partial charge in [-0.15, -0.1) is 0 Å².